The number of sulfonamides is 1. The molecule has 0 bridgehead atoms. The van der Waals surface area contributed by atoms with Crippen LogP contribution >= 0.6 is 11.6 Å². The minimum Gasteiger partial charge on any atom is -0.495 e. The highest BCUT2D eigenvalue weighted by Gasteiger charge is 2.18. The Labute approximate surface area is 178 Å². The van der Waals surface area contributed by atoms with Gasteiger partial charge in [-0.1, -0.05) is 17.7 Å². The summed E-state index contributed by atoms with van der Waals surface area (Å²) in [6, 6.07) is 13.9. The van der Waals surface area contributed by atoms with Gasteiger partial charge in [0, 0.05) is 5.56 Å². The van der Waals surface area contributed by atoms with Crippen LogP contribution in [0.5, 0.6) is 5.75 Å². The van der Waals surface area contributed by atoms with Crippen LogP contribution in [0.15, 0.2) is 65.6 Å². The van der Waals surface area contributed by atoms with Gasteiger partial charge in [-0.15, -0.1) is 0 Å². The predicted molar refractivity (Wildman–Crippen MR) is 114 cm³/mol. The van der Waals surface area contributed by atoms with Gasteiger partial charge in [0.05, 0.1) is 28.4 Å². The molecule has 1 amide bonds. The summed E-state index contributed by atoms with van der Waals surface area (Å²) in [6.07, 6.45) is 0. The van der Waals surface area contributed by atoms with Crippen LogP contribution in [0.4, 0.5) is 15.8 Å². The lowest BCUT2D eigenvalue weighted by molar-refractivity contribution is 0.102. The van der Waals surface area contributed by atoms with Gasteiger partial charge in [-0.25, -0.2) is 12.8 Å². The summed E-state index contributed by atoms with van der Waals surface area (Å²) in [5.74, 6) is -0.546. The molecule has 156 valence electrons. The van der Waals surface area contributed by atoms with Crippen molar-refractivity contribution in [2.75, 3.05) is 17.1 Å². The number of carbonyl (C=O) groups is 1. The summed E-state index contributed by atoms with van der Waals surface area (Å²) in [5.41, 5.74) is 1.60. The molecule has 0 aliphatic rings. The van der Waals surface area contributed by atoms with Crippen LogP contribution in [0.25, 0.3) is 0 Å². The van der Waals surface area contributed by atoms with Crippen molar-refractivity contribution in [2.45, 2.75) is 11.8 Å². The Hall–Kier alpha value is -3.10. The van der Waals surface area contributed by atoms with Crippen molar-refractivity contribution in [3.8, 4) is 5.75 Å². The van der Waals surface area contributed by atoms with Crippen LogP contribution in [-0.2, 0) is 10.0 Å². The number of halogens is 2. The number of anilines is 2. The lowest BCUT2D eigenvalue weighted by Crippen LogP contribution is -2.16. The first-order chi connectivity index (χ1) is 14.2. The molecule has 0 saturated heterocycles. The fraction of sp³-hybridized carbons (Fsp3) is 0.0952. The van der Waals surface area contributed by atoms with Crippen molar-refractivity contribution in [2.24, 2.45) is 0 Å². The van der Waals surface area contributed by atoms with Crippen LogP contribution < -0.4 is 14.8 Å². The molecule has 6 nitrogen and oxygen atoms in total. The van der Waals surface area contributed by atoms with E-state index in [1.165, 1.54) is 25.3 Å². The molecule has 0 spiro atoms. The van der Waals surface area contributed by atoms with Crippen molar-refractivity contribution in [1.82, 2.24) is 0 Å². The molecule has 0 unspecified atom stereocenters. The monoisotopic (exact) mass is 448 g/mol. The lowest BCUT2D eigenvalue weighted by Gasteiger charge is -2.13. The number of rotatable bonds is 6. The molecule has 0 heterocycles. The largest absolute Gasteiger partial charge is 0.495 e. The van der Waals surface area contributed by atoms with Crippen molar-refractivity contribution in [1.29, 1.82) is 0 Å². The fourth-order valence-electron chi connectivity index (χ4n) is 2.68. The third kappa shape index (κ3) is 4.90. The van der Waals surface area contributed by atoms with Gasteiger partial charge < -0.3 is 10.1 Å². The number of aryl methyl sites for hydroxylation is 1. The highest BCUT2D eigenvalue weighted by atomic mass is 35.5. The Morgan fingerprint density at radius 2 is 1.70 bits per heavy atom. The highest BCUT2D eigenvalue weighted by molar-refractivity contribution is 7.92. The van der Waals surface area contributed by atoms with Gasteiger partial charge in [-0.3, -0.25) is 9.52 Å². The molecule has 3 aromatic rings. The van der Waals surface area contributed by atoms with Crippen LogP contribution in [0, 0.1) is 12.7 Å². The molecule has 0 radical (unpaired) electrons. The number of carbonyl (C=O) groups excluding carboxylic acids is 1. The molecule has 0 atom stereocenters. The zero-order chi connectivity index (χ0) is 21.9. The third-order valence-corrected chi connectivity index (χ3v) is 5.91. The van der Waals surface area contributed by atoms with Crippen molar-refractivity contribution < 1.29 is 22.3 Å². The van der Waals surface area contributed by atoms with Crippen molar-refractivity contribution in [3.63, 3.8) is 0 Å². The Balaban J connectivity index is 1.87. The first kappa shape index (κ1) is 21.6. The van der Waals surface area contributed by atoms with Gasteiger partial charge in [0.25, 0.3) is 15.9 Å². The number of methoxy groups -OCH3 is 1. The smallest absolute Gasteiger partial charge is 0.261 e. The number of nitrogens with one attached hydrogen (secondary N) is 2. The average Bonchev–Trinajstić information content (AvgIpc) is 2.70. The summed E-state index contributed by atoms with van der Waals surface area (Å²) in [5, 5.41) is 2.84. The van der Waals surface area contributed by atoms with Gasteiger partial charge in [0.2, 0.25) is 0 Å². The zero-order valence-corrected chi connectivity index (χ0v) is 17.6. The molecule has 0 aliphatic carbocycles. The van der Waals surface area contributed by atoms with Gasteiger partial charge >= 0.3 is 0 Å². The molecule has 0 aliphatic heterocycles. The van der Waals surface area contributed by atoms with Gasteiger partial charge in [-0.2, -0.15) is 0 Å². The Bertz CT molecular complexity index is 1200. The normalized spacial score (nSPS) is 11.1. The summed E-state index contributed by atoms with van der Waals surface area (Å²) < 4.78 is 45.7. The second-order valence-electron chi connectivity index (χ2n) is 6.41. The Morgan fingerprint density at radius 3 is 2.37 bits per heavy atom. The number of hydrogen-bond acceptors (Lipinski definition) is 4. The third-order valence-electron chi connectivity index (χ3n) is 4.20. The number of benzene rings is 3. The fourth-order valence-corrected chi connectivity index (χ4v) is 3.97. The maximum Gasteiger partial charge on any atom is 0.261 e. The van der Waals surface area contributed by atoms with E-state index in [4.69, 9.17) is 16.3 Å². The molecular weight excluding hydrogens is 431 g/mol. The Morgan fingerprint density at radius 1 is 1.00 bits per heavy atom. The molecule has 0 saturated carbocycles. The van der Waals surface area contributed by atoms with E-state index in [2.05, 4.69) is 10.0 Å². The van der Waals surface area contributed by atoms with E-state index in [0.29, 0.717) is 11.4 Å². The summed E-state index contributed by atoms with van der Waals surface area (Å²) in [7, 11) is -2.53. The van der Waals surface area contributed by atoms with E-state index >= 15 is 0 Å². The standard InChI is InChI=1S/C21H18ClFN2O4S/c1-13-3-10-20(29-2)19(11-13)24-21(26)14-4-9-17(22)18(12-14)25-30(27,28)16-7-5-15(23)6-8-16/h3-12,25H,1-2H3,(H,24,26). The second kappa shape index (κ2) is 8.73. The van der Waals surface area contributed by atoms with Crippen molar-refractivity contribution in [3.05, 3.63) is 82.6 Å². The molecule has 3 rings (SSSR count). The number of amides is 1. The molecule has 30 heavy (non-hydrogen) atoms. The van der Waals surface area contributed by atoms with E-state index in [-0.39, 0.29) is 21.2 Å². The van der Waals surface area contributed by atoms with Gasteiger partial charge in [0.1, 0.15) is 11.6 Å². The van der Waals surface area contributed by atoms with E-state index in [1.54, 1.807) is 12.1 Å². The zero-order valence-electron chi connectivity index (χ0n) is 16.1. The van der Waals surface area contributed by atoms with E-state index < -0.39 is 21.7 Å². The van der Waals surface area contributed by atoms with Crippen LogP contribution in [0.2, 0.25) is 5.02 Å². The lowest BCUT2D eigenvalue weighted by atomic mass is 10.1. The molecule has 2 N–H and O–H groups in total. The second-order valence-corrected chi connectivity index (χ2v) is 8.50. The summed E-state index contributed by atoms with van der Waals surface area (Å²) in [6.45, 7) is 1.87. The first-order valence-corrected chi connectivity index (χ1v) is 10.6. The maximum absolute atomic E-state index is 13.1. The summed E-state index contributed by atoms with van der Waals surface area (Å²) in [4.78, 5) is 12.6. The first-order valence-electron chi connectivity index (χ1n) is 8.73. The molecule has 3 aromatic carbocycles. The van der Waals surface area contributed by atoms with Gasteiger partial charge in [0.15, 0.2) is 0 Å². The summed E-state index contributed by atoms with van der Waals surface area (Å²) >= 11 is 6.11. The van der Waals surface area contributed by atoms with Crippen molar-refractivity contribution >= 4 is 38.9 Å². The number of ether oxygens (including phenoxy) is 1. The van der Waals surface area contributed by atoms with E-state index in [9.17, 15) is 17.6 Å². The minimum absolute atomic E-state index is 0.0184. The van der Waals surface area contributed by atoms with Gasteiger partial charge in [-0.05, 0) is 67.1 Å². The van der Waals surface area contributed by atoms with Crippen LogP contribution in [0.3, 0.4) is 0 Å². The van der Waals surface area contributed by atoms with Crippen LogP contribution in [0.1, 0.15) is 15.9 Å². The van der Waals surface area contributed by atoms with E-state index in [0.717, 1.165) is 29.8 Å². The SMILES string of the molecule is COc1ccc(C)cc1NC(=O)c1ccc(Cl)c(NS(=O)(=O)c2ccc(F)cc2)c1. The predicted octanol–water partition coefficient (Wildman–Crippen LogP) is 4.85. The molecule has 0 aromatic heterocycles. The average molecular weight is 449 g/mol. The highest BCUT2D eigenvalue weighted by Crippen LogP contribution is 2.28. The minimum atomic E-state index is -4.02. The van der Waals surface area contributed by atoms with Crippen LogP contribution in [-0.4, -0.2) is 21.4 Å². The quantitative estimate of drug-likeness (QED) is 0.564. The molecule has 9 heteroatoms. The van der Waals surface area contributed by atoms with E-state index in [1.807, 2.05) is 13.0 Å². The Kier molecular flexibility index (Phi) is 6.28. The molecule has 0 fully saturated rings. The number of hydrogen-bond donors (Lipinski definition) is 2. The topological polar surface area (TPSA) is 84.5 Å². The molecular formula is C21H18ClFN2O4S. The maximum atomic E-state index is 13.1.